The monoisotopic (exact) mass is 220 g/mol. The second-order valence-corrected chi connectivity index (χ2v) is 7.04. The molecule has 90 valence electrons. The van der Waals surface area contributed by atoms with Crippen LogP contribution in [-0.4, -0.2) is 10.7 Å². The summed E-state index contributed by atoms with van der Waals surface area (Å²) in [6.45, 7) is 0. The Hall–Kier alpha value is -0.0400. The van der Waals surface area contributed by atoms with Crippen LogP contribution >= 0.6 is 0 Å². The molecule has 0 spiro atoms. The highest BCUT2D eigenvalue weighted by molar-refractivity contribution is 5.12. The van der Waals surface area contributed by atoms with Crippen LogP contribution in [0.3, 0.4) is 0 Å². The van der Waals surface area contributed by atoms with Crippen molar-refractivity contribution in [1.29, 1.82) is 0 Å². The van der Waals surface area contributed by atoms with Gasteiger partial charge in [-0.3, -0.25) is 0 Å². The molecule has 4 fully saturated rings. The van der Waals surface area contributed by atoms with E-state index in [1.807, 2.05) is 0 Å². The Morgan fingerprint density at radius 2 is 1.62 bits per heavy atom. The van der Waals surface area contributed by atoms with Gasteiger partial charge in [-0.1, -0.05) is 19.3 Å². The van der Waals surface area contributed by atoms with Crippen LogP contribution in [0.15, 0.2) is 0 Å². The van der Waals surface area contributed by atoms with Crippen molar-refractivity contribution in [2.75, 3.05) is 0 Å². The lowest BCUT2D eigenvalue weighted by Gasteiger charge is -2.43. The van der Waals surface area contributed by atoms with E-state index in [2.05, 4.69) is 0 Å². The summed E-state index contributed by atoms with van der Waals surface area (Å²) in [5.41, 5.74) is -0.216. The Bertz CT molecular complexity index is 294. The van der Waals surface area contributed by atoms with Crippen LogP contribution in [-0.2, 0) is 0 Å². The smallest absolute Gasteiger partial charge is 0.0709 e. The molecule has 0 aliphatic heterocycles. The zero-order valence-corrected chi connectivity index (χ0v) is 10.2. The van der Waals surface area contributed by atoms with Gasteiger partial charge in [0.15, 0.2) is 0 Å². The van der Waals surface area contributed by atoms with Crippen molar-refractivity contribution in [3.05, 3.63) is 0 Å². The third kappa shape index (κ3) is 1.11. The van der Waals surface area contributed by atoms with E-state index in [0.29, 0.717) is 11.8 Å². The van der Waals surface area contributed by atoms with Crippen molar-refractivity contribution in [2.24, 2.45) is 29.6 Å². The van der Waals surface area contributed by atoms with Crippen molar-refractivity contribution < 1.29 is 5.11 Å². The predicted molar refractivity (Wildman–Crippen MR) is 64.0 cm³/mol. The Labute approximate surface area is 98.6 Å². The Kier molecular flexibility index (Phi) is 2.02. The molecule has 2 bridgehead atoms. The molecule has 4 saturated carbocycles. The van der Waals surface area contributed by atoms with Gasteiger partial charge in [0.05, 0.1) is 5.60 Å². The number of aliphatic hydroxyl groups is 1. The maximum absolute atomic E-state index is 11.1. The van der Waals surface area contributed by atoms with Gasteiger partial charge >= 0.3 is 0 Å². The molecule has 0 aromatic heterocycles. The Morgan fingerprint density at radius 1 is 0.875 bits per heavy atom. The molecular formula is C15H24O. The first-order valence-corrected chi connectivity index (χ1v) is 7.51. The summed E-state index contributed by atoms with van der Waals surface area (Å²) in [5.74, 6) is 4.22. The minimum atomic E-state index is -0.216. The van der Waals surface area contributed by atoms with Crippen molar-refractivity contribution in [2.45, 2.75) is 63.4 Å². The van der Waals surface area contributed by atoms with Crippen molar-refractivity contribution in [3.8, 4) is 0 Å². The second kappa shape index (κ2) is 3.25. The molecule has 0 aromatic carbocycles. The minimum absolute atomic E-state index is 0.216. The van der Waals surface area contributed by atoms with Gasteiger partial charge in [-0.15, -0.1) is 0 Å². The summed E-state index contributed by atoms with van der Waals surface area (Å²) >= 11 is 0. The van der Waals surface area contributed by atoms with Gasteiger partial charge in [0.1, 0.15) is 0 Å². The maximum atomic E-state index is 11.1. The number of hydrogen-bond acceptors (Lipinski definition) is 1. The molecule has 0 saturated heterocycles. The van der Waals surface area contributed by atoms with Crippen LogP contribution in [0, 0.1) is 29.6 Å². The van der Waals surface area contributed by atoms with Gasteiger partial charge in [-0.2, -0.15) is 0 Å². The minimum Gasteiger partial charge on any atom is -0.389 e. The SMILES string of the molecule is OC1(C2CCCC2)CC2CC1C1CCCC21. The van der Waals surface area contributed by atoms with Crippen LogP contribution in [0.2, 0.25) is 0 Å². The number of hydrogen-bond donors (Lipinski definition) is 1. The maximum Gasteiger partial charge on any atom is 0.0709 e. The van der Waals surface area contributed by atoms with Crippen molar-refractivity contribution in [1.82, 2.24) is 0 Å². The predicted octanol–water partition coefficient (Wildman–Crippen LogP) is 3.36. The highest BCUT2D eigenvalue weighted by Gasteiger charge is 2.62. The molecule has 0 radical (unpaired) electrons. The molecule has 16 heavy (non-hydrogen) atoms. The van der Waals surface area contributed by atoms with Gasteiger partial charge in [0.2, 0.25) is 0 Å². The largest absolute Gasteiger partial charge is 0.389 e. The van der Waals surface area contributed by atoms with E-state index in [1.54, 1.807) is 0 Å². The van der Waals surface area contributed by atoms with Gasteiger partial charge in [-0.25, -0.2) is 0 Å². The zero-order valence-electron chi connectivity index (χ0n) is 10.2. The van der Waals surface area contributed by atoms with Gasteiger partial charge in [0, 0.05) is 0 Å². The van der Waals surface area contributed by atoms with Gasteiger partial charge in [-0.05, 0) is 68.1 Å². The molecule has 1 nitrogen and oxygen atoms in total. The summed E-state index contributed by atoms with van der Waals surface area (Å²) in [5, 5.41) is 11.1. The summed E-state index contributed by atoms with van der Waals surface area (Å²) in [6, 6.07) is 0. The van der Waals surface area contributed by atoms with E-state index in [0.717, 1.165) is 17.8 Å². The fourth-order valence-electron chi connectivity index (χ4n) is 6.05. The van der Waals surface area contributed by atoms with E-state index in [-0.39, 0.29) is 5.60 Å². The van der Waals surface area contributed by atoms with E-state index in [4.69, 9.17) is 0 Å². The highest BCUT2D eigenvalue weighted by atomic mass is 16.3. The fraction of sp³-hybridized carbons (Fsp3) is 1.00. The summed E-state index contributed by atoms with van der Waals surface area (Å²) in [6.07, 6.45) is 12.3. The molecule has 1 N–H and O–H groups in total. The lowest BCUT2D eigenvalue weighted by molar-refractivity contribution is -0.0889. The third-order valence-electron chi connectivity index (χ3n) is 6.60. The molecule has 4 rings (SSSR count). The summed E-state index contributed by atoms with van der Waals surface area (Å²) in [7, 11) is 0. The number of fused-ring (bicyclic) bond motifs is 5. The number of rotatable bonds is 1. The Morgan fingerprint density at radius 3 is 2.44 bits per heavy atom. The molecule has 4 aliphatic rings. The molecule has 0 heterocycles. The van der Waals surface area contributed by atoms with Crippen molar-refractivity contribution in [3.63, 3.8) is 0 Å². The first kappa shape index (κ1) is 9.94. The van der Waals surface area contributed by atoms with Crippen LogP contribution in [0.1, 0.15) is 57.8 Å². The first-order valence-electron chi connectivity index (χ1n) is 7.51. The van der Waals surface area contributed by atoms with Crippen LogP contribution in [0.25, 0.3) is 0 Å². The van der Waals surface area contributed by atoms with Crippen LogP contribution in [0.5, 0.6) is 0 Å². The molecule has 5 atom stereocenters. The van der Waals surface area contributed by atoms with Crippen LogP contribution < -0.4 is 0 Å². The molecule has 0 amide bonds. The molecular weight excluding hydrogens is 196 g/mol. The Balaban J connectivity index is 1.62. The molecule has 0 aromatic rings. The second-order valence-electron chi connectivity index (χ2n) is 7.04. The zero-order chi connectivity index (χ0) is 10.8. The molecule has 5 unspecified atom stereocenters. The van der Waals surface area contributed by atoms with E-state index in [9.17, 15) is 5.11 Å². The molecule has 4 aliphatic carbocycles. The average Bonchev–Trinajstić information content (AvgIpc) is 3.00. The van der Waals surface area contributed by atoms with Gasteiger partial charge < -0.3 is 5.11 Å². The first-order chi connectivity index (χ1) is 7.79. The van der Waals surface area contributed by atoms with Crippen molar-refractivity contribution >= 4 is 0 Å². The quantitative estimate of drug-likeness (QED) is 0.718. The standard InChI is InChI=1S/C15H24O/c16-15(11-4-1-2-5-11)9-10-8-14(15)13-7-3-6-12(10)13/h10-14,16H,1-9H2. The van der Waals surface area contributed by atoms with Gasteiger partial charge in [0.25, 0.3) is 0 Å². The average molecular weight is 220 g/mol. The van der Waals surface area contributed by atoms with Crippen LogP contribution in [0.4, 0.5) is 0 Å². The fourth-order valence-corrected chi connectivity index (χ4v) is 6.05. The molecule has 1 heteroatoms. The van der Waals surface area contributed by atoms with E-state index in [1.165, 1.54) is 57.8 Å². The summed E-state index contributed by atoms with van der Waals surface area (Å²) in [4.78, 5) is 0. The normalized spacial score (nSPS) is 56.1. The van der Waals surface area contributed by atoms with E-state index < -0.39 is 0 Å². The van der Waals surface area contributed by atoms with E-state index >= 15 is 0 Å². The lowest BCUT2D eigenvalue weighted by Crippen LogP contribution is -2.46. The lowest BCUT2D eigenvalue weighted by atomic mass is 9.67. The topological polar surface area (TPSA) is 20.2 Å². The highest BCUT2D eigenvalue weighted by Crippen LogP contribution is 2.65. The summed E-state index contributed by atoms with van der Waals surface area (Å²) < 4.78 is 0. The third-order valence-corrected chi connectivity index (χ3v) is 6.60.